The van der Waals surface area contributed by atoms with Gasteiger partial charge in [-0.15, -0.1) is 0 Å². The van der Waals surface area contributed by atoms with Gasteiger partial charge in [0, 0.05) is 18.2 Å². The van der Waals surface area contributed by atoms with Crippen LogP contribution in [0.3, 0.4) is 0 Å². The molecule has 1 aliphatic rings. The van der Waals surface area contributed by atoms with Crippen molar-refractivity contribution in [3.05, 3.63) is 48.2 Å². The number of hydrogen-bond donors (Lipinski definition) is 1. The molecule has 1 saturated carbocycles. The zero-order valence-corrected chi connectivity index (χ0v) is 11.0. The fraction of sp³-hybridized carbons (Fsp3) is 0.375. The summed E-state index contributed by atoms with van der Waals surface area (Å²) in [5, 5.41) is 9.10. The molecule has 3 rings (SSSR count). The molecule has 1 aromatic heterocycles. The predicted octanol–water partition coefficient (Wildman–Crippen LogP) is 2.90. The third-order valence-corrected chi connectivity index (χ3v) is 3.53. The van der Waals surface area contributed by atoms with Crippen LogP contribution in [0.5, 0.6) is 0 Å². The summed E-state index contributed by atoms with van der Waals surface area (Å²) in [6.07, 6.45) is 2.48. The first-order valence-corrected chi connectivity index (χ1v) is 6.86. The molecule has 19 heavy (non-hydrogen) atoms. The van der Waals surface area contributed by atoms with Gasteiger partial charge >= 0.3 is 0 Å². The van der Waals surface area contributed by atoms with Crippen LogP contribution < -0.4 is 0 Å². The maximum Gasteiger partial charge on any atom is 0.134 e. The van der Waals surface area contributed by atoms with Gasteiger partial charge in [-0.25, -0.2) is 0 Å². The lowest BCUT2D eigenvalue weighted by molar-refractivity contribution is 0.174. The number of hydrogen-bond acceptors (Lipinski definition) is 3. The summed E-state index contributed by atoms with van der Waals surface area (Å²) < 4.78 is 5.90. The van der Waals surface area contributed by atoms with Crippen molar-refractivity contribution in [3.63, 3.8) is 0 Å². The van der Waals surface area contributed by atoms with Crippen molar-refractivity contribution in [2.24, 2.45) is 0 Å². The second-order valence-corrected chi connectivity index (χ2v) is 5.06. The molecule has 0 spiro atoms. The SMILES string of the molecule is OCCN(Cc1ccc(-c2ccccc2)o1)C1CC1. The lowest BCUT2D eigenvalue weighted by Gasteiger charge is -2.19. The Labute approximate surface area is 113 Å². The van der Waals surface area contributed by atoms with Crippen LogP contribution >= 0.6 is 0 Å². The average Bonchev–Trinajstić information content (AvgIpc) is 3.19. The summed E-state index contributed by atoms with van der Waals surface area (Å²) in [4.78, 5) is 2.30. The normalized spacial score (nSPS) is 15.1. The van der Waals surface area contributed by atoms with Gasteiger partial charge in [0.1, 0.15) is 11.5 Å². The van der Waals surface area contributed by atoms with E-state index in [1.165, 1.54) is 12.8 Å². The lowest BCUT2D eigenvalue weighted by Crippen LogP contribution is -2.28. The number of furan rings is 1. The molecule has 2 aromatic rings. The van der Waals surface area contributed by atoms with Gasteiger partial charge in [0.25, 0.3) is 0 Å². The van der Waals surface area contributed by atoms with E-state index in [4.69, 9.17) is 9.52 Å². The molecule has 0 atom stereocenters. The standard InChI is InChI=1S/C16H19NO2/c18-11-10-17(14-6-7-14)12-15-8-9-16(19-15)13-4-2-1-3-5-13/h1-5,8-9,14,18H,6-7,10-12H2. The molecule has 3 heteroatoms. The van der Waals surface area contributed by atoms with Crippen LogP contribution in [-0.2, 0) is 6.54 Å². The Morgan fingerprint density at radius 2 is 1.89 bits per heavy atom. The molecule has 1 aliphatic carbocycles. The first-order chi connectivity index (χ1) is 9.36. The minimum Gasteiger partial charge on any atom is -0.460 e. The van der Waals surface area contributed by atoms with Gasteiger partial charge in [0.15, 0.2) is 0 Å². The van der Waals surface area contributed by atoms with Crippen molar-refractivity contribution >= 4 is 0 Å². The Hall–Kier alpha value is -1.58. The molecule has 1 N–H and O–H groups in total. The summed E-state index contributed by atoms with van der Waals surface area (Å²) in [7, 11) is 0. The Kier molecular flexibility index (Phi) is 3.67. The van der Waals surface area contributed by atoms with Gasteiger partial charge < -0.3 is 9.52 Å². The van der Waals surface area contributed by atoms with Gasteiger partial charge in [0.2, 0.25) is 0 Å². The number of benzene rings is 1. The zero-order chi connectivity index (χ0) is 13.1. The summed E-state index contributed by atoms with van der Waals surface area (Å²) >= 11 is 0. The summed E-state index contributed by atoms with van der Waals surface area (Å²) in [5.74, 6) is 1.88. The molecule has 0 bridgehead atoms. The minimum absolute atomic E-state index is 0.211. The highest BCUT2D eigenvalue weighted by Crippen LogP contribution is 2.29. The fourth-order valence-corrected chi connectivity index (χ4v) is 2.38. The van der Waals surface area contributed by atoms with E-state index < -0.39 is 0 Å². The van der Waals surface area contributed by atoms with Gasteiger partial charge in [0.05, 0.1) is 13.2 Å². The van der Waals surface area contributed by atoms with Crippen LogP contribution in [0.15, 0.2) is 46.9 Å². The van der Waals surface area contributed by atoms with Gasteiger partial charge in [-0.1, -0.05) is 30.3 Å². The molecular formula is C16H19NO2. The molecule has 0 amide bonds. The second kappa shape index (κ2) is 5.59. The van der Waals surface area contributed by atoms with Crippen LogP contribution in [0.2, 0.25) is 0 Å². The zero-order valence-electron chi connectivity index (χ0n) is 11.0. The molecule has 0 unspecified atom stereocenters. The molecule has 0 saturated heterocycles. The third-order valence-electron chi connectivity index (χ3n) is 3.53. The second-order valence-electron chi connectivity index (χ2n) is 5.06. The summed E-state index contributed by atoms with van der Waals surface area (Å²) in [6, 6.07) is 14.8. The summed E-state index contributed by atoms with van der Waals surface area (Å²) in [5.41, 5.74) is 1.11. The van der Waals surface area contributed by atoms with Crippen molar-refractivity contribution in [2.75, 3.05) is 13.2 Å². The highest BCUT2D eigenvalue weighted by Gasteiger charge is 2.29. The minimum atomic E-state index is 0.211. The molecule has 1 aromatic carbocycles. The molecule has 0 radical (unpaired) electrons. The number of aliphatic hydroxyl groups is 1. The highest BCUT2D eigenvalue weighted by atomic mass is 16.3. The predicted molar refractivity (Wildman–Crippen MR) is 74.7 cm³/mol. The molecule has 100 valence electrons. The third kappa shape index (κ3) is 3.06. The van der Waals surface area contributed by atoms with Crippen molar-refractivity contribution < 1.29 is 9.52 Å². The molecule has 3 nitrogen and oxygen atoms in total. The number of rotatable bonds is 6. The quantitative estimate of drug-likeness (QED) is 0.864. The smallest absolute Gasteiger partial charge is 0.134 e. The molecular weight excluding hydrogens is 238 g/mol. The average molecular weight is 257 g/mol. The van der Waals surface area contributed by atoms with E-state index in [1.54, 1.807) is 0 Å². The fourth-order valence-electron chi connectivity index (χ4n) is 2.38. The van der Waals surface area contributed by atoms with E-state index in [1.807, 2.05) is 30.3 Å². The first-order valence-electron chi connectivity index (χ1n) is 6.86. The Morgan fingerprint density at radius 3 is 2.58 bits per heavy atom. The van der Waals surface area contributed by atoms with Crippen LogP contribution in [-0.4, -0.2) is 29.2 Å². The van der Waals surface area contributed by atoms with Crippen LogP contribution in [0.1, 0.15) is 18.6 Å². The van der Waals surface area contributed by atoms with E-state index in [0.29, 0.717) is 6.04 Å². The topological polar surface area (TPSA) is 36.6 Å². The van der Waals surface area contributed by atoms with Crippen molar-refractivity contribution in [1.82, 2.24) is 4.90 Å². The van der Waals surface area contributed by atoms with Crippen LogP contribution in [0.25, 0.3) is 11.3 Å². The highest BCUT2D eigenvalue weighted by molar-refractivity contribution is 5.57. The molecule has 0 aliphatic heterocycles. The van der Waals surface area contributed by atoms with E-state index in [0.717, 1.165) is 30.2 Å². The Bertz CT molecular complexity index is 517. The Morgan fingerprint density at radius 1 is 1.11 bits per heavy atom. The maximum absolute atomic E-state index is 9.10. The van der Waals surface area contributed by atoms with Crippen LogP contribution in [0, 0.1) is 0 Å². The van der Waals surface area contributed by atoms with E-state index in [9.17, 15) is 0 Å². The van der Waals surface area contributed by atoms with E-state index in [-0.39, 0.29) is 6.61 Å². The van der Waals surface area contributed by atoms with Crippen molar-refractivity contribution in [2.45, 2.75) is 25.4 Å². The van der Waals surface area contributed by atoms with Crippen molar-refractivity contribution in [1.29, 1.82) is 0 Å². The van der Waals surface area contributed by atoms with E-state index in [2.05, 4.69) is 17.0 Å². The largest absolute Gasteiger partial charge is 0.460 e. The Balaban J connectivity index is 1.70. The number of nitrogens with zero attached hydrogens (tertiary/aromatic N) is 1. The monoisotopic (exact) mass is 257 g/mol. The first kappa shape index (κ1) is 12.5. The van der Waals surface area contributed by atoms with Crippen LogP contribution in [0.4, 0.5) is 0 Å². The molecule has 1 fully saturated rings. The van der Waals surface area contributed by atoms with Gasteiger partial charge in [-0.3, -0.25) is 4.90 Å². The summed E-state index contributed by atoms with van der Waals surface area (Å²) in [6.45, 7) is 1.73. The van der Waals surface area contributed by atoms with Gasteiger partial charge in [-0.05, 0) is 25.0 Å². The number of aliphatic hydroxyl groups excluding tert-OH is 1. The van der Waals surface area contributed by atoms with Gasteiger partial charge in [-0.2, -0.15) is 0 Å². The molecule has 1 heterocycles. The lowest BCUT2D eigenvalue weighted by atomic mass is 10.2. The van der Waals surface area contributed by atoms with E-state index >= 15 is 0 Å². The maximum atomic E-state index is 9.10. The van der Waals surface area contributed by atoms with Crippen molar-refractivity contribution in [3.8, 4) is 11.3 Å².